The number of aryl methyl sites for hydroxylation is 3. The van der Waals surface area contributed by atoms with Crippen LogP contribution in [0.2, 0.25) is 0 Å². The molecule has 2 aromatic carbocycles. The van der Waals surface area contributed by atoms with Gasteiger partial charge < -0.3 is 15.0 Å². The maximum atomic E-state index is 5.69. The van der Waals surface area contributed by atoms with Crippen molar-refractivity contribution in [2.75, 3.05) is 13.7 Å². The van der Waals surface area contributed by atoms with Gasteiger partial charge in [0.15, 0.2) is 0 Å². The van der Waals surface area contributed by atoms with E-state index in [0.29, 0.717) is 0 Å². The van der Waals surface area contributed by atoms with Crippen molar-refractivity contribution in [2.45, 2.75) is 33.2 Å². The third-order valence-electron chi connectivity index (χ3n) is 5.26. The van der Waals surface area contributed by atoms with Gasteiger partial charge in [-0.1, -0.05) is 17.7 Å². The molecule has 0 fully saturated rings. The van der Waals surface area contributed by atoms with E-state index < -0.39 is 0 Å². The van der Waals surface area contributed by atoms with Crippen molar-refractivity contribution >= 4 is 10.9 Å². The van der Waals surface area contributed by atoms with Crippen LogP contribution in [0.1, 0.15) is 39.6 Å². The summed E-state index contributed by atoms with van der Waals surface area (Å²) in [7, 11) is 1.76. The molecule has 1 aliphatic rings. The molecule has 0 bridgehead atoms. The van der Waals surface area contributed by atoms with Crippen LogP contribution in [-0.2, 0) is 6.42 Å². The first-order valence-corrected chi connectivity index (χ1v) is 8.58. The van der Waals surface area contributed by atoms with E-state index in [1.54, 1.807) is 7.11 Å². The van der Waals surface area contributed by atoms with E-state index in [1.165, 1.54) is 44.4 Å². The van der Waals surface area contributed by atoms with Gasteiger partial charge in [-0.25, -0.2) is 0 Å². The number of aromatic nitrogens is 1. The average molecular weight is 320 g/mol. The van der Waals surface area contributed by atoms with Gasteiger partial charge in [-0.3, -0.25) is 0 Å². The highest BCUT2D eigenvalue weighted by Crippen LogP contribution is 2.38. The summed E-state index contributed by atoms with van der Waals surface area (Å²) >= 11 is 0. The van der Waals surface area contributed by atoms with E-state index in [4.69, 9.17) is 4.74 Å². The number of H-pyrrole nitrogens is 1. The lowest BCUT2D eigenvalue weighted by Gasteiger charge is -2.27. The number of methoxy groups -OCH3 is 1. The van der Waals surface area contributed by atoms with E-state index in [-0.39, 0.29) is 6.04 Å². The largest absolute Gasteiger partial charge is 0.496 e. The standard InChI is InChI=1S/C21H24N2O/c1-12-5-6-18-16(9-12)15-7-8-22-20(21(15)23-18)17-10-13(2)14(3)11-19(17)24-4/h5-6,9-11,20,22-23H,7-8H2,1-4H3. The van der Waals surface area contributed by atoms with E-state index in [0.717, 1.165) is 18.7 Å². The monoisotopic (exact) mass is 320 g/mol. The van der Waals surface area contributed by atoms with Crippen LogP contribution in [-0.4, -0.2) is 18.6 Å². The summed E-state index contributed by atoms with van der Waals surface area (Å²) in [5.74, 6) is 0.957. The van der Waals surface area contributed by atoms with Gasteiger partial charge in [0.25, 0.3) is 0 Å². The lowest BCUT2D eigenvalue weighted by molar-refractivity contribution is 0.401. The van der Waals surface area contributed by atoms with E-state index in [9.17, 15) is 0 Å². The maximum absolute atomic E-state index is 5.69. The van der Waals surface area contributed by atoms with Crippen molar-refractivity contribution in [3.05, 3.63) is 63.8 Å². The smallest absolute Gasteiger partial charge is 0.124 e. The lowest BCUT2D eigenvalue weighted by Crippen LogP contribution is -2.30. The molecular formula is C21H24N2O. The number of hydrogen-bond acceptors (Lipinski definition) is 2. The Morgan fingerprint density at radius 2 is 1.83 bits per heavy atom. The second-order valence-corrected chi connectivity index (χ2v) is 6.88. The van der Waals surface area contributed by atoms with Gasteiger partial charge in [-0.05, 0) is 62.1 Å². The number of fused-ring (bicyclic) bond motifs is 3. The summed E-state index contributed by atoms with van der Waals surface area (Å²) in [6, 6.07) is 11.2. The van der Waals surface area contributed by atoms with E-state index >= 15 is 0 Å². The first-order chi connectivity index (χ1) is 11.6. The van der Waals surface area contributed by atoms with Crippen LogP contribution in [0.25, 0.3) is 10.9 Å². The second kappa shape index (κ2) is 5.67. The molecule has 3 nitrogen and oxygen atoms in total. The van der Waals surface area contributed by atoms with Crippen molar-refractivity contribution in [2.24, 2.45) is 0 Å². The molecule has 0 amide bonds. The molecule has 24 heavy (non-hydrogen) atoms. The fourth-order valence-corrected chi connectivity index (χ4v) is 3.82. The lowest BCUT2D eigenvalue weighted by atomic mass is 9.91. The molecule has 2 heterocycles. The third kappa shape index (κ3) is 2.31. The van der Waals surface area contributed by atoms with Crippen molar-refractivity contribution in [3.63, 3.8) is 0 Å². The summed E-state index contributed by atoms with van der Waals surface area (Å²) in [6.07, 6.45) is 1.06. The van der Waals surface area contributed by atoms with Crippen molar-refractivity contribution in [1.82, 2.24) is 10.3 Å². The minimum Gasteiger partial charge on any atom is -0.496 e. The first-order valence-electron chi connectivity index (χ1n) is 8.58. The number of rotatable bonds is 2. The number of ether oxygens (including phenoxy) is 1. The molecule has 2 N–H and O–H groups in total. The van der Waals surface area contributed by atoms with Crippen molar-refractivity contribution in [1.29, 1.82) is 0 Å². The molecule has 3 heteroatoms. The van der Waals surface area contributed by atoms with Crippen LogP contribution < -0.4 is 10.1 Å². The van der Waals surface area contributed by atoms with Crippen LogP contribution in [0.5, 0.6) is 5.75 Å². The average Bonchev–Trinajstić information content (AvgIpc) is 2.95. The molecule has 1 aliphatic heterocycles. The maximum Gasteiger partial charge on any atom is 0.124 e. The summed E-state index contributed by atoms with van der Waals surface area (Å²) < 4.78 is 5.69. The Morgan fingerprint density at radius 3 is 2.62 bits per heavy atom. The summed E-state index contributed by atoms with van der Waals surface area (Å²) in [5.41, 5.74) is 9.03. The number of nitrogens with one attached hydrogen (secondary N) is 2. The summed E-state index contributed by atoms with van der Waals surface area (Å²) in [4.78, 5) is 3.66. The Hall–Kier alpha value is -2.26. The Kier molecular flexibility index (Phi) is 3.61. The Labute approximate surface area is 143 Å². The SMILES string of the molecule is COc1cc(C)c(C)cc1C1NCCc2c1[nH]c1ccc(C)cc21. The fraction of sp³-hybridized carbons (Fsp3) is 0.333. The van der Waals surface area contributed by atoms with Crippen molar-refractivity contribution < 1.29 is 4.74 Å². The molecule has 0 saturated carbocycles. The zero-order chi connectivity index (χ0) is 16.8. The zero-order valence-electron chi connectivity index (χ0n) is 14.8. The highest BCUT2D eigenvalue weighted by Gasteiger charge is 2.27. The summed E-state index contributed by atoms with van der Waals surface area (Å²) in [5, 5.41) is 5.04. The number of benzene rings is 2. The van der Waals surface area contributed by atoms with Crippen LogP contribution in [0.3, 0.4) is 0 Å². The number of hydrogen-bond donors (Lipinski definition) is 2. The molecule has 0 aliphatic carbocycles. The van der Waals surface area contributed by atoms with Gasteiger partial charge in [0.2, 0.25) is 0 Å². The predicted octanol–water partition coefficient (Wildman–Crippen LogP) is 4.34. The Bertz CT molecular complexity index is 923. The number of aromatic amines is 1. The van der Waals surface area contributed by atoms with Crippen LogP contribution in [0.4, 0.5) is 0 Å². The fourth-order valence-electron chi connectivity index (χ4n) is 3.82. The zero-order valence-corrected chi connectivity index (χ0v) is 14.8. The van der Waals surface area contributed by atoms with Gasteiger partial charge in [0.05, 0.1) is 13.2 Å². The molecule has 3 aromatic rings. The summed E-state index contributed by atoms with van der Waals surface area (Å²) in [6.45, 7) is 7.43. The van der Waals surface area contributed by atoms with E-state index in [2.05, 4.69) is 61.4 Å². The third-order valence-corrected chi connectivity index (χ3v) is 5.26. The molecule has 1 atom stereocenters. The quantitative estimate of drug-likeness (QED) is 0.737. The second-order valence-electron chi connectivity index (χ2n) is 6.88. The Balaban J connectivity index is 1.91. The minimum atomic E-state index is 0.149. The molecule has 124 valence electrons. The molecule has 0 spiro atoms. The molecule has 0 radical (unpaired) electrons. The van der Waals surface area contributed by atoms with E-state index in [1.807, 2.05) is 0 Å². The minimum absolute atomic E-state index is 0.149. The van der Waals surface area contributed by atoms with Crippen LogP contribution >= 0.6 is 0 Å². The van der Waals surface area contributed by atoms with Crippen LogP contribution in [0, 0.1) is 20.8 Å². The van der Waals surface area contributed by atoms with Gasteiger partial charge in [0.1, 0.15) is 5.75 Å². The van der Waals surface area contributed by atoms with Gasteiger partial charge >= 0.3 is 0 Å². The molecule has 4 rings (SSSR count). The molecule has 1 aromatic heterocycles. The van der Waals surface area contributed by atoms with Crippen molar-refractivity contribution in [3.8, 4) is 5.75 Å². The highest BCUT2D eigenvalue weighted by molar-refractivity contribution is 5.86. The topological polar surface area (TPSA) is 37.0 Å². The predicted molar refractivity (Wildman–Crippen MR) is 99.1 cm³/mol. The normalized spacial score (nSPS) is 17.1. The molecular weight excluding hydrogens is 296 g/mol. The van der Waals surface area contributed by atoms with Gasteiger partial charge in [-0.15, -0.1) is 0 Å². The molecule has 0 saturated heterocycles. The van der Waals surface area contributed by atoms with Gasteiger partial charge in [-0.2, -0.15) is 0 Å². The Morgan fingerprint density at radius 1 is 1.04 bits per heavy atom. The van der Waals surface area contributed by atoms with Crippen LogP contribution in [0.15, 0.2) is 30.3 Å². The molecule has 1 unspecified atom stereocenters. The van der Waals surface area contributed by atoms with Gasteiger partial charge in [0, 0.05) is 28.7 Å². The highest BCUT2D eigenvalue weighted by atomic mass is 16.5. The first kappa shape index (κ1) is 15.3.